The summed E-state index contributed by atoms with van der Waals surface area (Å²) in [5.74, 6) is -1.45. The molecule has 3 heterocycles. The second-order valence-corrected chi connectivity index (χ2v) is 7.63. The summed E-state index contributed by atoms with van der Waals surface area (Å²) < 4.78 is 14.6. The van der Waals surface area contributed by atoms with Crippen LogP contribution in [0.5, 0.6) is 0 Å². The van der Waals surface area contributed by atoms with Crippen molar-refractivity contribution in [2.45, 2.75) is 6.92 Å². The van der Waals surface area contributed by atoms with E-state index in [1.54, 1.807) is 13.0 Å². The van der Waals surface area contributed by atoms with Crippen molar-refractivity contribution in [3.05, 3.63) is 70.3 Å². The average Bonchev–Trinajstić information content (AvgIpc) is 3.35. The smallest absolute Gasteiger partial charge is 0.281 e. The molecule has 1 N–H and O–H groups in total. The molecule has 2 aromatic heterocycles. The first-order valence-electron chi connectivity index (χ1n) is 8.62. The fraction of sp³-hybridized carbons (Fsp3) is 0.0500. The molecular formula is C20H13ClFN5O2S. The Hall–Kier alpha value is -3.43. The number of carbonyl (C=O) groups excluding carboxylic acids is 2. The molecule has 1 aliphatic heterocycles. The summed E-state index contributed by atoms with van der Waals surface area (Å²) in [5.41, 5.74) is 1.22. The summed E-state index contributed by atoms with van der Waals surface area (Å²) in [7, 11) is 0. The lowest BCUT2D eigenvalue weighted by molar-refractivity contribution is -0.113. The third kappa shape index (κ3) is 3.72. The van der Waals surface area contributed by atoms with E-state index in [1.807, 2.05) is 17.5 Å². The molecule has 0 radical (unpaired) electrons. The Bertz CT molecular complexity index is 1260. The van der Waals surface area contributed by atoms with Crippen LogP contribution in [-0.2, 0) is 4.79 Å². The summed E-state index contributed by atoms with van der Waals surface area (Å²) in [4.78, 5) is 33.9. The van der Waals surface area contributed by atoms with Crippen molar-refractivity contribution in [1.82, 2.24) is 9.78 Å². The number of hydrogen-bond acceptors (Lipinski definition) is 5. The lowest BCUT2D eigenvalue weighted by Gasteiger charge is -2.13. The minimum absolute atomic E-state index is 0.00629. The second-order valence-electron chi connectivity index (χ2n) is 6.27. The lowest BCUT2D eigenvalue weighted by Crippen LogP contribution is -2.25. The van der Waals surface area contributed by atoms with Gasteiger partial charge < -0.3 is 5.32 Å². The number of anilines is 1. The number of halogens is 2. The first-order chi connectivity index (χ1) is 14.3. The van der Waals surface area contributed by atoms with Crippen LogP contribution in [0.15, 0.2) is 63.9 Å². The van der Waals surface area contributed by atoms with Crippen LogP contribution in [0.4, 0.5) is 10.2 Å². The van der Waals surface area contributed by atoms with E-state index in [9.17, 15) is 14.0 Å². The molecule has 0 saturated carbocycles. The van der Waals surface area contributed by atoms with Crippen molar-refractivity contribution in [3.63, 3.8) is 0 Å². The zero-order chi connectivity index (χ0) is 21.4. The van der Waals surface area contributed by atoms with E-state index in [2.05, 4.69) is 27.0 Å². The van der Waals surface area contributed by atoms with E-state index in [-0.39, 0.29) is 27.9 Å². The molecule has 0 spiro atoms. The van der Waals surface area contributed by atoms with Crippen LogP contribution in [0.3, 0.4) is 0 Å². The third-order valence-electron chi connectivity index (χ3n) is 4.25. The van der Waals surface area contributed by atoms with E-state index >= 15 is 0 Å². The molecule has 0 saturated heterocycles. The molecule has 4 rings (SSSR count). The normalized spacial score (nSPS) is 13.8. The Labute approximate surface area is 179 Å². The Morgan fingerprint density at radius 2 is 2.07 bits per heavy atom. The minimum Gasteiger partial charge on any atom is -0.306 e. The number of aliphatic imine (C=N–C) groups is 2. The number of nitrogens with one attached hydrogen (secondary N) is 1. The number of carbonyl (C=O) groups is 2. The number of hydrogen-bond donors (Lipinski definition) is 1. The third-order valence-corrected chi connectivity index (χ3v) is 5.46. The quantitative estimate of drug-likeness (QED) is 0.610. The van der Waals surface area contributed by atoms with Gasteiger partial charge in [0.15, 0.2) is 0 Å². The molecule has 0 fully saturated rings. The van der Waals surface area contributed by atoms with Crippen LogP contribution in [0, 0.1) is 5.82 Å². The predicted molar refractivity (Wildman–Crippen MR) is 115 cm³/mol. The van der Waals surface area contributed by atoms with Crippen molar-refractivity contribution >= 4 is 52.2 Å². The van der Waals surface area contributed by atoms with Gasteiger partial charge in [0, 0.05) is 6.07 Å². The number of thiophene rings is 1. The number of rotatable bonds is 3. The van der Waals surface area contributed by atoms with Gasteiger partial charge in [-0.3, -0.25) is 9.59 Å². The topological polar surface area (TPSA) is 88.7 Å². The lowest BCUT2D eigenvalue weighted by atomic mass is 10.2. The Morgan fingerprint density at radius 1 is 1.27 bits per heavy atom. The molecule has 0 unspecified atom stereocenters. The van der Waals surface area contributed by atoms with Crippen LogP contribution in [0.25, 0.3) is 10.6 Å². The van der Waals surface area contributed by atoms with Crippen LogP contribution in [0.2, 0.25) is 5.02 Å². The SMILES string of the molecule is C=C1C(=O)N=C(n2nc(-c3cccs3)cc2NC(=O)c2ccc(F)cc2Cl)N=C1C. The first-order valence-corrected chi connectivity index (χ1v) is 9.87. The molecular weight excluding hydrogens is 429 g/mol. The standard InChI is InChI=1S/C20H13ClFN5O2S/c1-10-11(2)23-20(25-18(10)28)27-17(9-15(26-27)16-4-3-7-30-16)24-19(29)13-6-5-12(22)8-14(13)21/h3-9H,1H2,2H3,(H,24,29). The summed E-state index contributed by atoms with van der Waals surface area (Å²) in [6.07, 6.45) is 0. The van der Waals surface area contributed by atoms with Gasteiger partial charge >= 0.3 is 0 Å². The number of benzene rings is 1. The summed E-state index contributed by atoms with van der Waals surface area (Å²) in [6, 6.07) is 8.82. The molecule has 30 heavy (non-hydrogen) atoms. The largest absolute Gasteiger partial charge is 0.306 e. The molecule has 0 atom stereocenters. The highest BCUT2D eigenvalue weighted by molar-refractivity contribution is 7.13. The van der Waals surface area contributed by atoms with Crippen molar-refractivity contribution in [3.8, 4) is 10.6 Å². The zero-order valence-corrected chi connectivity index (χ0v) is 17.1. The molecule has 7 nitrogen and oxygen atoms in total. The Balaban J connectivity index is 1.77. The molecule has 150 valence electrons. The minimum atomic E-state index is -0.577. The van der Waals surface area contributed by atoms with Gasteiger partial charge in [-0.25, -0.2) is 9.38 Å². The van der Waals surface area contributed by atoms with Crippen molar-refractivity contribution < 1.29 is 14.0 Å². The maximum Gasteiger partial charge on any atom is 0.281 e. The first kappa shape index (κ1) is 19.9. The van der Waals surface area contributed by atoms with E-state index < -0.39 is 17.6 Å². The predicted octanol–water partition coefficient (Wildman–Crippen LogP) is 4.42. The number of amides is 2. The van der Waals surface area contributed by atoms with Crippen LogP contribution in [-0.4, -0.2) is 33.3 Å². The summed E-state index contributed by atoms with van der Waals surface area (Å²) in [6.45, 7) is 5.28. The fourth-order valence-corrected chi connectivity index (χ4v) is 3.61. The fourth-order valence-electron chi connectivity index (χ4n) is 2.67. The average molecular weight is 442 g/mol. The van der Waals surface area contributed by atoms with E-state index in [4.69, 9.17) is 11.6 Å². The molecule has 3 aromatic rings. The van der Waals surface area contributed by atoms with Crippen LogP contribution >= 0.6 is 22.9 Å². The van der Waals surface area contributed by atoms with E-state index in [1.165, 1.54) is 22.1 Å². The zero-order valence-electron chi connectivity index (χ0n) is 15.5. The van der Waals surface area contributed by atoms with Gasteiger partial charge in [0.25, 0.3) is 17.8 Å². The van der Waals surface area contributed by atoms with Gasteiger partial charge in [-0.15, -0.1) is 11.3 Å². The van der Waals surface area contributed by atoms with Crippen molar-refractivity contribution in [2.75, 3.05) is 5.32 Å². The molecule has 1 aliphatic rings. The number of nitrogens with zero attached hydrogens (tertiary/aromatic N) is 4. The van der Waals surface area contributed by atoms with Crippen LogP contribution < -0.4 is 5.32 Å². The van der Waals surface area contributed by atoms with Crippen molar-refractivity contribution in [2.24, 2.45) is 9.98 Å². The molecule has 1 aromatic carbocycles. The Morgan fingerprint density at radius 3 is 2.73 bits per heavy atom. The Kier molecular flexibility index (Phi) is 5.15. The summed E-state index contributed by atoms with van der Waals surface area (Å²) >= 11 is 7.46. The van der Waals surface area contributed by atoms with Gasteiger partial charge in [-0.05, 0) is 36.6 Å². The van der Waals surface area contributed by atoms with Gasteiger partial charge in [-0.1, -0.05) is 24.2 Å². The van der Waals surface area contributed by atoms with Gasteiger partial charge in [0.2, 0.25) is 0 Å². The highest BCUT2D eigenvalue weighted by atomic mass is 35.5. The van der Waals surface area contributed by atoms with E-state index in [0.717, 1.165) is 17.0 Å². The van der Waals surface area contributed by atoms with Gasteiger partial charge in [-0.2, -0.15) is 14.8 Å². The molecule has 10 heteroatoms. The number of aromatic nitrogens is 2. The maximum atomic E-state index is 13.3. The molecule has 2 amide bonds. The van der Waals surface area contributed by atoms with Gasteiger partial charge in [0.05, 0.1) is 26.7 Å². The highest BCUT2D eigenvalue weighted by Gasteiger charge is 2.23. The monoisotopic (exact) mass is 441 g/mol. The van der Waals surface area contributed by atoms with Crippen molar-refractivity contribution in [1.29, 1.82) is 0 Å². The highest BCUT2D eigenvalue weighted by Crippen LogP contribution is 2.27. The van der Waals surface area contributed by atoms with Crippen LogP contribution in [0.1, 0.15) is 17.3 Å². The maximum absolute atomic E-state index is 13.3. The molecule has 0 bridgehead atoms. The van der Waals surface area contributed by atoms with E-state index in [0.29, 0.717) is 11.4 Å². The van der Waals surface area contributed by atoms with Gasteiger partial charge in [0.1, 0.15) is 17.3 Å². The molecule has 0 aliphatic carbocycles. The summed E-state index contributed by atoms with van der Waals surface area (Å²) in [5, 5.41) is 8.99. The second kappa shape index (κ2) is 7.77.